The summed E-state index contributed by atoms with van der Waals surface area (Å²) in [5.74, 6) is -0.113. The van der Waals surface area contributed by atoms with Crippen molar-refractivity contribution in [3.05, 3.63) is 77.3 Å². The molecule has 0 unspecified atom stereocenters. The van der Waals surface area contributed by atoms with Gasteiger partial charge in [-0.3, -0.25) is 9.78 Å². The van der Waals surface area contributed by atoms with E-state index in [4.69, 9.17) is 0 Å². The Labute approximate surface area is 210 Å². The van der Waals surface area contributed by atoms with Crippen LogP contribution in [0.1, 0.15) is 52.7 Å². The zero-order valence-electron chi connectivity index (χ0n) is 20.6. The number of carbonyl (C=O) groups is 1. The zero-order valence-corrected chi connectivity index (χ0v) is 23.0. The van der Waals surface area contributed by atoms with Gasteiger partial charge in [0.1, 0.15) is 11.6 Å². The number of aliphatic hydroxyl groups is 1. The number of carbonyl (C=O) groups excluding carboxylic acids is 1. The van der Waals surface area contributed by atoms with Crippen LogP contribution in [0.5, 0.6) is 0 Å². The van der Waals surface area contributed by atoms with E-state index in [0.717, 1.165) is 22.2 Å². The molecule has 0 bridgehead atoms. The van der Waals surface area contributed by atoms with Crippen molar-refractivity contribution in [3.8, 4) is 11.3 Å². The fourth-order valence-electron chi connectivity index (χ4n) is 2.69. The van der Waals surface area contributed by atoms with E-state index in [1.165, 1.54) is 12.1 Å². The van der Waals surface area contributed by atoms with Crippen LogP contribution in [0.4, 0.5) is 4.39 Å². The molecule has 1 heterocycles. The van der Waals surface area contributed by atoms with Crippen LogP contribution in [0.3, 0.4) is 0 Å². The molecule has 2 aromatic carbocycles. The molecule has 0 saturated heterocycles. The fourth-order valence-corrected chi connectivity index (χ4v) is 2.69. The van der Waals surface area contributed by atoms with Gasteiger partial charge in [-0.25, -0.2) is 4.39 Å². The number of halogens is 1. The number of hydrogen-bond donors (Lipinski definition) is 1. The van der Waals surface area contributed by atoms with Crippen LogP contribution in [0, 0.1) is 36.6 Å². The Hall–Kier alpha value is -2.36. The summed E-state index contributed by atoms with van der Waals surface area (Å²) >= 11 is 0. The Morgan fingerprint density at radius 2 is 1.64 bits per heavy atom. The van der Waals surface area contributed by atoms with Crippen molar-refractivity contribution >= 4 is 16.7 Å². The molecule has 3 nitrogen and oxygen atoms in total. The molecule has 0 spiro atoms. The van der Waals surface area contributed by atoms with Gasteiger partial charge in [-0.1, -0.05) is 60.6 Å². The van der Waals surface area contributed by atoms with Crippen molar-refractivity contribution in [2.75, 3.05) is 0 Å². The second-order valence-electron chi connectivity index (χ2n) is 10.2. The number of ketones is 1. The van der Waals surface area contributed by atoms with Gasteiger partial charge in [0, 0.05) is 37.0 Å². The third-order valence-electron chi connectivity index (χ3n) is 4.98. The number of nitrogens with zero attached hydrogens (tertiary/aromatic N) is 1. The number of fused-ring (bicyclic) bond motifs is 1. The summed E-state index contributed by atoms with van der Waals surface area (Å²) < 4.78 is 13.6. The van der Waals surface area contributed by atoms with Crippen LogP contribution >= 0.6 is 0 Å². The molecular weight excluding hydrogens is 594 g/mol. The molecule has 0 aliphatic heterocycles. The van der Waals surface area contributed by atoms with E-state index >= 15 is 0 Å². The van der Waals surface area contributed by atoms with E-state index in [-0.39, 0.29) is 42.9 Å². The largest absolute Gasteiger partial charge is 0.512 e. The van der Waals surface area contributed by atoms with E-state index in [2.05, 4.69) is 11.1 Å². The molecule has 0 aliphatic rings. The van der Waals surface area contributed by atoms with Crippen molar-refractivity contribution in [3.63, 3.8) is 0 Å². The molecule has 3 rings (SSSR count). The average Bonchev–Trinajstić information content (AvgIpc) is 2.67. The minimum atomic E-state index is -0.417. The molecule has 1 N–H and O–H groups in total. The fraction of sp³-hybridized carbons (Fsp3) is 0.357. The Bertz CT molecular complexity index is 1150. The maximum Gasteiger partial charge on any atom is 0.164 e. The molecule has 3 aromatic rings. The van der Waals surface area contributed by atoms with Crippen molar-refractivity contribution in [2.24, 2.45) is 10.8 Å². The number of aryl methyl sites for hydroxylation is 2. The topological polar surface area (TPSA) is 50.2 Å². The van der Waals surface area contributed by atoms with Crippen LogP contribution in [0.25, 0.3) is 22.2 Å². The summed E-state index contributed by atoms with van der Waals surface area (Å²) in [7, 11) is 0. The Kier molecular flexibility index (Phi) is 9.71. The molecule has 33 heavy (non-hydrogen) atoms. The number of pyridine rings is 1. The molecular formula is C28H33FIrNO2-. The van der Waals surface area contributed by atoms with Crippen molar-refractivity contribution in [1.82, 2.24) is 4.98 Å². The standard InChI is InChI=1S/C17H13FN.C11H20O2.Ir/c1-11-4-3-5-13(8-11)16-7-6-14-9-12(2)15(18)10-17(14)19-16;1-10(2,3)8(12)7-9(13)11(4,5)6;/h3-4,6-10H,1-2H3;7,12H,1-6H3;/q-1;;/b;8-7-;. The normalized spacial score (nSPS) is 12.0. The van der Waals surface area contributed by atoms with Gasteiger partial charge in [0.2, 0.25) is 0 Å². The third-order valence-corrected chi connectivity index (χ3v) is 4.98. The van der Waals surface area contributed by atoms with Crippen LogP contribution in [0.2, 0.25) is 0 Å². The summed E-state index contributed by atoms with van der Waals surface area (Å²) in [5, 5.41) is 10.5. The first-order valence-electron chi connectivity index (χ1n) is 10.7. The number of rotatable bonds is 2. The first-order valence-corrected chi connectivity index (χ1v) is 10.7. The molecule has 0 amide bonds. The van der Waals surface area contributed by atoms with Gasteiger partial charge in [0.05, 0.1) is 5.52 Å². The summed E-state index contributed by atoms with van der Waals surface area (Å²) in [6.07, 6.45) is 1.33. The van der Waals surface area contributed by atoms with Gasteiger partial charge >= 0.3 is 0 Å². The molecule has 0 fully saturated rings. The second-order valence-corrected chi connectivity index (χ2v) is 10.2. The van der Waals surface area contributed by atoms with E-state index < -0.39 is 5.41 Å². The summed E-state index contributed by atoms with van der Waals surface area (Å²) in [6.45, 7) is 14.9. The summed E-state index contributed by atoms with van der Waals surface area (Å²) in [6, 6.07) is 16.3. The van der Waals surface area contributed by atoms with Gasteiger partial charge in [0.25, 0.3) is 0 Å². The molecule has 5 heteroatoms. The summed E-state index contributed by atoms with van der Waals surface area (Å²) in [5.41, 5.74) is 3.47. The van der Waals surface area contributed by atoms with Crippen molar-refractivity contribution < 1.29 is 34.4 Å². The molecule has 179 valence electrons. The average molecular weight is 627 g/mol. The number of allylic oxidation sites excluding steroid dienone is 2. The molecule has 0 aliphatic carbocycles. The third kappa shape index (κ3) is 8.17. The van der Waals surface area contributed by atoms with Crippen LogP contribution in [-0.4, -0.2) is 15.9 Å². The van der Waals surface area contributed by atoms with E-state index in [0.29, 0.717) is 11.1 Å². The van der Waals surface area contributed by atoms with Crippen molar-refractivity contribution in [2.45, 2.75) is 55.4 Å². The predicted molar refractivity (Wildman–Crippen MR) is 130 cm³/mol. The predicted octanol–water partition coefficient (Wildman–Crippen LogP) is 7.55. The number of aliphatic hydroxyl groups excluding tert-OH is 1. The molecule has 1 aromatic heterocycles. The van der Waals surface area contributed by atoms with E-state index in [9.17, 15) is 14.3 Å². The van der Waals surface area contributed by atoms with E-state index in [1.54, 1.807) is 6.92 Å². The number of aromatic nitrogens is 1. The van der Waals surface area contributed by atoms with E-state index in [1.807, 2.05) is 84.9 Å². The summed E-state index contributed by atoms with van der Waals surface area (Å²) in [4.78, 5) is 16.0. The van der Waals surface area contributed by atoms with Gasteiger partial charge in [0.15, 0.2) is 5.78 Å². The number of hydrogen-bond acceptors (Lipinski definition) is 3. The Balaban J connectivity index is 0.000000346. The maximum absolute atomic E-state index is 13.6. The maximum atomic E-state index is 13.6. The van der Waals surface area contributed by atoms with Crippen LogP contribution < -0.4 is 0 Å². The Morgan fingerprint density at radius 1 is 1.00 bits per heavy atom. The van der Waals surface area contributed by atoms with Gasteiger partial charge in [-0.05, 0) is 35.7 Å². The molecule has 1 radical (unpaired) electrons. The molecule has 0 saturated carbocycles. The first kappa shape index (κ1) is 28.7. The SMILES string of the molecule is CC(C)(C)C(=O)/C=C(\O)C(C)(C)C.Cc1cc[c-]c(-c2ccc3cc(C)c(F)cc3n2)c1.[Ir]. The minimum Gasteiger partial charge on any atom is -0.512 e. The zero-order chi connectivity index (χ0) is 24.3. The quantitative estimate of drug-likeness (QED) is 0.182. The van der Waals surface area contributed by atoms with Gasteiger partial charge in [-0.2, -0.15) is 0 Å². The number of benzene rings is 2. The van der Waals surface area contributed by atoms with Crippen molar-refractivity contribution in [1.29, 1.82) is 0 Å². The minimum absolute atomic E-state index is 0. The van der Waals surface area contributed by atoms with Gasteiger partial charge in [-0.15, -0.1) is 35.4 Å². The Morgan fingerprint density at radius 3 is 2.18 bits per heavy atom. The monoisotopic (exact) mass is 627 g/mol. The van der Waals surface area contributed by atoms with Crippen LogP contribution in [0.15, 0.2) is 54.3 Å². The van der Waals surface area contributed by atoms with Gasteiger partial charge < -0.3 is 5.11 Å². The molecule has 0 atom stereocenters. The van der Waals surface area contributed by atoms with Crippen LogP contribution in [-0.2, 0) is 24.9 Å². The smallest absolute Gasteiger partial charge is 0.164 e. The first-order chi connectivity index (χ1) is 14.7. The second kappa shape index (κ2) is 11.2.